The van der Waals surface area contributed by atoms with Crippen molar-refractivity contribution in [1.29, 1.82) is 0 Å². The molecule has 0 aliphatic heterocycles. The maximum absolute atomic E-state index is 12.3. The molecule has 0 radical (unpaired) electrons. The largest absolute Gasteiger partial charge is 0.350 e. The number of nitrogens with zero attached hydrogens (tertiary/aromatic N) is 1. The lowest BCUT2D eigenvalue weighted by Crippen LogP contribution is -2.18. The smallest absolute Gasteiger partial charge is 0.288 e. The van der Waals surface area contributed by atoms with E-state index in [2.05, 4.69) is 31.4 Å². The molecule has 3 rings (SSSR count). The van der Waals surface area contributed by atoms with Crippen LogP contribution in [0.3, 0.4) is 0 Å². The van der Waals surface area contributed by atoms with Gasteiger partial charge in [0, 0.05) is 20.4 Å². The number of H-pyrrole nitrogens is 1. The van der Waals surface area contributed by atoms with Gasteiger partial charge in [-0.05, 0) is 48.4 Å². The molecule has 2 aromatic carbocycles. The highest BCUT2D eigenvalue weighted by molar-refractivity contribution is 9.10. The monoisotopic (exact) mass is 389 g/mol. The summed E-state index contributed by atoms with van der Waals surface area (Å²) in [6, 6.07) is 13.0. The highest BCUT2D eigenvalue weighted by Gasteiger charge is 2.14. The molecule has 1 aromatic heterocycles. The van der Waals surface area contributed by atoms with Crippen LogP contribution in [0.25, 0.3) is 10.9 Å². The number of fused-ring (bicyclic) bond motifs is 1. The fourth-order valence-electron chi connectivity index (χ4n) is 2.30. The number of hydrazone groups is 1. The third-order valence-corrected chi connectivity index (χ3v) is 4.24. The van der Waals surface area contributed by atoms with Crippen molar-refractivity contribution in [1.82, 2.24) is 10.4 Å². The predicted molar refractivity (Wildman–Crippen MR) is 97.2 cm³/mol. The number of aromatic nitrogens is 1. The second kappa shape index (κ2) is 6.56. The van der Waals surface area contributed by atoms with Crippen LogP contribution in [0.1, 0.15) is 21.6 Å². The molecule has 0 aliphatic rings. The molecule has 0 atom stereocenters. The van der Waals surface area contributed by atoms with Gasteiger partial charge >= 0.3 is 0 Å². The van der Waals surface area contributed by atoms with E-state index in [4.69, 9.17) is 11.6 Å². The Bertz CT molecular complexity index is 900. The quantitative estimate of drug-likeness (QED) is 0.496. The van der Waals surface area contributed by atoms with Crippen LogP contribution in [0.15, 0.2) is 52.0 Å². The van der Waals surface area contributed by atoms with Crippen molar-refractivity contribution < 1.29 is 4.79 Å². The molecule has 4 nitrogen and oxygen atoms in total. The topological polar surface area (TPSA) is 57.2 Å². The van der Waals surface area contributed by atoms with Crippen molar-refractivity contribution in [2.75, 3.05) is 0 Å². The Morgan fingerprint density at radius 1 is 1.26 bits per heavy atom. The highest BCUT2D eigenvalue weighted by Crippen LogP contribution is 2.25. The zero-order valence-electron chi connectivity index (χ0n) is 12.2. The minimum atomic E-state index is -0.278. The van der Waals surface area contributed by atoms with Crippen molar-refractivity contribution in [3.8, 4) is 0 Å². The number of carbonyl (C=O) groups is 1. The van der Waals surface area contributed by atoms with Crippen molar-refractivity contribution in [2.24, 2.45) is 5.10 Å². The second-order valence-electron chi connectivity index (χ2n) is 5.07. The van der Waals surface area contributed by atoms with Crippen LogP contribution in [0.5, 0.6) is 0 Å². The van der Waals surface area contributed by atoms with E-state index in [0.717, 1.165) is 26.5 Å². The van der Waals surface area contributed by atoms with E-state index in [1.54, 1.807) is 18.3 Å². The molecule has 1 amide bonds. The standard InChI is InChI=1S/C17H13BrClN3O/c1-10-14-8-12(18)4-7-15(14)21-16(10)17(23)22-20-9-11-2-5-13(19)6-3-11/h2-9,21H,1H3,(H,22,23)/b20-9-. The number of rotatable bonds is 3. The molecule has 0 spiro atoms. The van der Waals surface area contributed by atoms with Gasteiger partial charge in [0.25, 0.3) is 5.91 Å². The van der Waals surface area contributed by atoms with Crippen LogP contribution >= 0.6 is 27.5 Å². The number of aryl methyl sites for hydroxylation is 1. The van der Waals surface area contributed by atoms with Gasteiger partial charge in [-0.15, -0.1) is 0 Å². The molecule has 0 unspecified atom stereocenters. The Morgan fingerprint density at radius 2 is 2.00 bits per heavy atom. The summed E-state index contributed by atoms with van der Waals surface area (Å²) >= 11 is 9.26. The molecule has 0 saturated heterocycles. The van der Waals surface area contributed by atoms with Gasteiger partial charge in [-0.3, -0.25) is 4.79 Å². The fraction of sp³-hybridized carbons (Fsp3) is 0.0588. The molecule has 0 bridgehead atoms. The summed E-state index contributed by atoms with van der Waals surface area (Å²) in [5, 5.41) is 5.64. The number of halogens is 2. The van der Waals surface area contributed by atoms with Crippen LogP contribution in [-0.4, -0.2) is 17.1 Å². The molecule has 0 saturated carbocycles. The van der Waals surface area contributed by atoms with Gasteiger partial charge in [0.15, 0.2) is 0 Å². The third-order valence-electron chi connectivity index (χ3n) is 3.50. The maximum Gasteiger partial charge on any atom is 0.288 e. The molecule has 116 valence electrons. The number of amides is 1. The lowest BCUT2D eigenvalue weighted by molar-refractivity contribution is 0.0950. The molecular weight excluding hydrogens is 378 g/mol. The Hall–Kier alpha value is -2.11. The Balaban J connectivity index is 1.78. The SMILES string of the molecule is Cc1c(C(=O)N/N=C\c2ccc(Cl)cc2)[nH]c2ccc(Br)cc12. The van der Waals surface area contributed by atoms with Gasteiger partial charge in [0.1, 0.15) is 5.69 Å². The molecule has 23 heavy (non-hydrogen) atoms. The lowest BCUT2D eigenvalue weighted by atomic mass is 10.1. The Morgan fingerprint density at radius 3 is 2.74 bits per heavy atom. The molecule has 2 N–H and O–H groups in total. The summed E-state index contributed by atoms with van der Waals surface area (Å²) in [6.07, 6.45) is 1.57. The van der Waals surface area contributed by atoms with Crippen LogP contribution in [0.4, 0.5) is 0 Å². The van der Waals surface area contributed by atoms with Crippen LogP contribution < -0.4 is 5.43 Å². The van der Waals surface area contributed by atoms with E-state index in [1.807, 2.05) is 37.3 Å². The van der Waals surface area contributed by atoms with Crippen LogP contribution in [-0.2, 0) is 0 Å². The van der Waals surface area contributed by atoms with Crippen molar-refractivity contribution in [3.05, 3.63) is 68.8 Å². The molecule has 0 fully saturated rings. The minimum Gasteiger partial charge on any atom is -0.350 e. The van der Waals surface area contributed by atoms with E-state index < -0.39 is 0 Å². The minimum absolute atomic E-state index is 0.278. The Labute approximate surface area is 146 Å². The zero-order valence-corrected chi connectivity index (χ0v) is 14.6. The van der Waals surface area contributed by atoms with Gasteiger partial charge in [-0.1, -0.05) is 39.7 Å². The van der Waals surface area contributed by atoms with E-state index >= 15 is 0 Å². The van der Waals surface area contributed by atoms with E-state index in [9.17, 15) is 4.79 Å². The first kappa shape index (κ1) is 15.8. The molecule has 1 heterocycles. The average molecular weight is 391 g/mol. The summed E-state index contributed by atoms with van der Waals surface area (Å²) in [7, 11) is 0. The predicted octanol–water partition coefficient (Wildman–Crippen LogP) is 4.66. The molecule has 3 aromatic rings. The summed E-state index contributed by atoms with van der Waals surface area (Å²) in [5.74, 6) is -0.278. The number of hydrogen-bond acceptors (Lipinski definition) is 2. The zero-order chi connectivity index (χ0) is 16.4. The van der Waals surface area contributed by atoms with Crippen molar-refractivity contribution in [2.45, 2.75) is 6.92 Å². The van der Waals surface area contributed by atoms with Gasteiger partial charge < -0.3 is 4.98 Å². The molecule has 6 heteroatoms. The number of nitrogens with one attached hydrogen (secondary N) is 2. The van der Waals surface area contributed by atoms with Gasteiger partial charge in [-0.2, -0.15) is 5.10 Å². The van der Waals surface area contributed by atoms with Gasteiger partial charge in [0.05, 0.1) is 6.21 Å². The number of hydrogen-bond donors (Lipinski definition) is 2. The summed E-state index contributed by atoms with van der Waals surface area (Å²) < 4.78 is 0.972. The maximum atomic E-state index is 12.3. The number of aromatic amines is 1. The van der Waals surface area contributed by atoms with Gasteiger partial charge in [-0.25, -0.2) is 5.43 Å². The summed E-state index contributed by atoms with van der Waals surface area (Å²) in [6.45, 7) is 1.91. The first-order chi connectivity index (χ1) is 11.0. The van der Waals surface area contributed by atoms with Crippen LogP contribution in [0, 0.1) is 6.92 Å². The molecular formula is C17H13BrClN3O. The van der Waals surface area contributed by atoms with Crippen molar-refractivity contribution in [3.63, 3.8) is 0 Å². The Kier molecular flexibility index (Phi) is 4.50. The number of benzene rings is 2. The second-order valence-corrected chi connectivity index (χ2v) is 6.42. The number of carbonyl (C=O) groups excluding carboxylic acids is 1. The first-order valence-corrected chi connectivity index (χ1v) is 8.08. The van der Waals surface area contributed by atoms with Crippen LogP contribution in [0.2, 0.25) is 5.02 Å². The lowest BCUT2D eigenvalue weighted by Gasteiger charge is -1.99. The fourth-order valence-corrected chi connectivity index (χ4v) is 2.78. The van der Waals surface area contributed by atoms with E-state index in [1.165, 1.54) is 0 Å². The highest BCUT2D eigenvalue weighted by atomic mass is 79.9. The molecule has 0 aliphatic carbocycles. The average Bonchev–Trinajstić information content (AvgIpc) is 2.86. The first-order valence-electron chi connectivity index (χ1n) is 6.91. The van der Waals surface area contributed by atoms with Crippen molar-refractivity contribution >= 4 is 50.6 Å². The van der Waals surface area contributed by atoms with Gasteiger partial charge in [0.2, 0.25) is 0 Å². The normalized spacial score (nSPS) is 11.3. The third kappa shape index (κ3) is 3.46. The summed E-state index contributed by atoms with van der Waals surface area (Å²) in [4.78, 5) is 15.4. The summed E-state index contributed by atoms with van der Waals surface area (Å²) in [5.41, 5.74) is 5.70. The van der Waals surface area contributed by atoms with E-state index in [0.29, 0.717) is 10.7 Å². The van der Waals surface area contributed by atoms with E-state index in [-0.39, 0.29) is 5.91 Å².